The molecule has 118 valence electrons. The Morgan fingerprint density at radius 2 is 2.00 bits per heavy atom. The molecule has 0 saturated carbocycles. The average Bonchev–Trinajstić information content (AvgIpc) is 3.03. The van der Waals surface area contributed by atoms with Crippen LogP contribution in [0.2, 0.25) is 0 Å². The van der Waals surface area contributed by atoms with Crippen molar-refractivity contribution < 1.29 is 14.3 Å². The molecule has 0 bridgehead atoms. The van der Waals surface area contributed by atoms with E-state index in [1.807, 2.05) is 12.1 Å². The van der Waals surface area contributed by atoms with Crippen LogP contribution in [0.15, 0.2) is 36.4 Å². The van der Waals surface area contributed by atoms with E-state index in [0.717, 1.165) is 18.7 Å². The quantitative estimate of drug-likeness (QED) is 0.926. The molecule has 0 saturated heterocycles. The normalized spacial score (nSPS) is 15.3. The first-order valence-electron chi connectivity index (χ1n) is 7.76. The molecule has 23 heavy (non-hydrogen) atoms. The van der Waals surface area contributed by atoms with Crippen LogP contribution >= 0.6 is 0 Å². The maximum absolute atomic E-state index is 12.4. The highest BCUT2D eigenvalue weighted by molar-refractivity contribution is 6.05. The van der Waals surface area contributed by atoms with Gasteiger partial charge in [0.25, 0.3) is 5.91 Å². The van der Waals surface area contributed by atoms with Gasteiger partial charge in [0, 0.05) is 30.5 Å². The lowest BCUT2D eigenvalue weighted by atomic mass is 10.0. The zero-order chi connectivity index (χ0) is 15.8. The zero-order valence-electron chi connectivity index (χ0n) is 13.0. The molecule has 0 aromatic heterocycles. The van der Waals surface area contributed by atoms with E-state index in [-0.39, 0.29) is 12.7 Å². The summed E-state index contributed by atoms with van der Waals surface area (Å²) in [6, 6.07) is 11.3. The third-order valence-corrected chi connectivity index (χ3v) is 4.33. The van der Waals surface area contributed by atoms with Gasteiger partial charge in [-0.2, -0.15) is 0 Å². The average molecular weight is 310 g/mol. The van der Waals surface area contributed by atoms with Gasteiger partial charge in [0.05, 0.1) is 0 Å². The Morgan fingerprint density at radius 1 is 1.13 bits per heavy atom. The van der Waals surface area contributed by atoms with E-state index in [1.165, 1.54) is 17.7 Å². The minimum atomic E-state index is -0.151. The lowest BCUT2D eigenvalue weighted by molar-refractivity contribution is 0.102. The fourth-order valence-corrected chi connectivity index (χ4v) is 3.08. The van der Waals surface area contributed by atoms with Gasteiger partial charge in [0.15, 0.2) is 11.5 Å². The molecule has 2 aliphatic rings. The molecule has 5 heteroatoms. The molecule has 1 amide bonds. The van der Waals surface area contributed by atoms with Crippen LogP contribution in [-0.2, 0) is 6.42 Å². The number of carbonyl (C=O) groups is 1. The van der Waals surface area contributed by atoms with Crippen LogP contribution in [0.1, 0.15) is 22.3 Å². The Kier molecular flexibility index (Phi) is 3.33. The van der Waals surface area contributed by atoms with Crippen LogP contribution in [0.5, 0.6) is 11.5 Å². The molecule has 2 aliphatic heterocycles. The van der Waals surface area contributed by atoms with Gasteiger partial charge in [-0.05, 0) is 48.7 Å². The van der Waals surface area contributed by atoms with Crippen LogP contribution in [0.3, 0.4) is 0 Å². The Balaban J connectivity index is 1.56. The van der Waals surface area contributed by atoms with Crippen molar-refractivity contribution in [2.24, 2.45) is 0 Å². The Labute approximate surface area is 134 Å². The molecule has 0 spiro atoms. The predicted molar refractivity (Wildman–Crippen MR) is 88.6 cm³/mol. The molecule has 0 fully saturated rings. The number of carbonyl (C=O) groups excluding carboxylic acids is 1. The molecule has 2 aromatic rings. The van der Waals surface area contributed by atoms with Crippen LogP contribution in [0.25, 0.3) is 0 Å². The number of ether oxygens (including phenoxy) is 2. The molecule has 4 rings (SSSR count). The first-order valence-corrected chi connectivity index (χ1v) is 7.76. The van der Waals surface area contributed by atoms with Gasteiger partial charge in [0.1, 0.15) is 0 Å². The number of nitrogens with one attached hydrogen (secondary N) is 1. The maximum Gasteiger partial charge on any atom is 0.255 e. The molecule has 0 aliphatic carbocycles. The summed E-state index contributed by atoms with van der Waals surface area (Å²) in [6.45, 7) is 1.25. The summed E-state index contributed by atoms with van der Waals surface area (Å²) in [4.78, 5) is 14.7. The number of amides is 1. The molecule has 0 unspecified atom stereocenters. The van der Waals surface area contributed by atoms with Crippen molar-refractivity contribution in [3.8, 4) is 11.5 Å². The number of fused-ring (bicyclic) bond motifs is 2. The summed E-state index contributed by atoms with van der Waals surface area (Å²) < 4.78 is 10.6. The summed E-state index contributed by atoms with van der Waals surface area (Å²) in [7, 11) is 2.08. The molecule has 5 nitrogen and oxygen atoms in total. The summed E-state index contributed by atoms with van der Waals surface area (Å²) in [5, 5.41) is 2.96. The van der Waals surface area contributed by atoms with Crippen LogP contribution in [-0.4, -0.2) is 26.3 Å². The number of benzene rings is 2. The molecular formula is C18H18N2O3. The standard InChI is InChI=1S/C18H18N2O3/c1-20-8-2-3-12-4-6-14(10-15(12)20)19-18(21)13-5-7-16-17(9-13)23-11-22-16/h4-7,9-10H,2-3,8,11H2,1H3,(H,19,21). The molecule has 2 heterocycles. The number of anilines is 2. The fraction of sp³-hybridized carbons (Fsp3) is 0.278. The van der Waals surface area contributed by atoms with Crippen molar-refractivity contribution in [1.29, 1.82) is 0 Å². The van der Waals surface area contributed by atoms with Gasteiger partial charge >= 0.3 is 0 Å². The highest BCUT2D eigenvalue weighted by Gasteiger charge is 2.18. The molecule has 0 radical (unpaired) electrons. The molecule has 2 aromatic carbocycles. The highest BCUT2D eigenvalue weighted by Crippen LogP contribution is 2.33. The number of aryl methyl sites for hydroxylation is 1. The van der Waals surface area contributed by atoms with Gasteiger partial charge in [-0.15, -0.1) is 0 Å². The number of hydrogen-bond acceptors (Lipinski definition) is 4. The van der Waals surface area contributed by atoms with E-state index >= 15 is 0 Å². The largest absolute Gasteiger partial charge is 0.454 e. The number of rotatable bonds is 2. The second kappa shape index (κ2) is 5.50. The SMILES string of the molecule is CN1CCCc2ccc(NC(=O)c3ccc4c(c3)OCO4)cc21. The Bertz CT molecular complexity index is 773. The van der Waals surface area contributed by atoms with Crippen LogP contribution in [0.4, 0.5) is 11.4 Å². The molecule has 1 N–H and O–H groups in total. The summed E-state index contributed by atoms with van der Waals surface area (Å²) in [6.07, 6.45) is 2.27. The van der Waals surface area contributed by atoms with Gasteiger partial charge in [-0.1, -0.05) is 6.07 Å². The Morgan fingerprint density at radius 3 is 2.91 bits per heavy atom. The monoisotopic (exact) mass is 310 g/mol. The van der Waals surface area contributed by atoms with Crippen molar-refractivity contribution in [1.82, 2.24) is 0 Å². The van der Waals surface area contributed by atoms with Crippen molar-refractivity contribution in [2.45, 2.75) is 12.8 Å². The van der Waals surface area contributed by atoms with Gasteiger partial charge < -0.3 is 19.7 Å². The second-order valence-electron chi connectivity index (χ2n) is 5.89. The van der Waals surface area contributed by atoms with Crippen molar-refractivity contribution in [3.63, 3.8) is 0 Å². The smallest absolute Gasteiger partial charge is 0.255 e. The highest BCUT2D eigenvalue weighted by atomic mass is 16.7. The van der Waals surface area contributed by atoms with Crippen molar-refractivity contribution in [3.05, 3.63) is 47.5 Å². The van der Waals surface area contributed by atoms with E-state index in [4.69, 9.17) is 9.47 Å². The predicted octanol–water partition coefficient (Wildman–Crippen LogP) is 3.05. The van der Waals surface area contributed by atoms with Gasteiger partial charge in [0.2, 0.25) is 6.79 Å². The first-order chi connectivity index (χ1) is 11.2. The van der Waals surface area contributed by atoms with E-state index in [1.54, 1.807) is 18.2 Å². The van der Waals surface area contributed by atoms with Gasteiger partial charge in [-0.25, -0.2) is 0 Å². The van der Waals surface area contributed by atoms with Crippen LogP contribution < -0.4 is 19.7 Å². The third kappa shape index (κ3) is 2.59. The third-order valence-electron chi connectivity index (χ3n) is 4.33. The van der Waals surface area contributed by atoms with Crippen molar-refractivity contribution in [2.75, 3.05) is 30.6 Å². The minimum Gasteiger partial charge on any atom is -0.454 e. The molecule has 0 atom stereocenters. The minimum absolute atomic E-state index is 0.151. The summed E-state index contributed by atoms with van der Waals surface area (Å²) >= 11 is 0. The van der Waals surface area contributed by atoms with Crippen LogP contribution in [0, 0.1) is 0 Å². The zero-order valence-corrected chi connectivity index (χ0v) is 13.0. The molecular weight excluding hydrogens is 292 g/mol. The van der Waals surface area contributed by atoms with Crippen molar-refractivity contribution >= 4 is 17.3 Å². The fourth-order valence-electron chi connectivity index (χ4n) is 3.08. The first kappa shape index (κ1) is 13.9. The number of hydrogen-bond donors (Lipinski definition) is 1. The lowest BCUT2D eigenvalue weighted by Gasteiger charge is -2.28. The lowest BCUT2D eigenvalue weighted by Crippen LogP contribution is -2.24. The topological polar surface area (TPSA) is 50.8 Å². The van der Waals surface area contributed by atoms with Gasteiger partial charge in [-0.3, -0.25) is 4.79 Å². The van der Waals surface area contributed by atoms with E-state index in [9.17, 15) is 4.79 Å². The summed E-state index contributed by atoms with van der Waals surface area (Å²) in [5.74, 6) is 1.14. The van der Waals surface area contributed by atoms with E-state index in [2.05, 4.69) is 23.3 Å². The number of nitrogens with zero attached hydrogens (tertiary/aromatic N) is 1. The summed E-state index contributed by atoms with van der Waals surface area (Å²) in [5.41, 5.74) is 3.89. The van der Waals surface area contributed by atoms with E-state index in [0.29, 0.717) is 17.1 Å². The maximum atomic E-state index is 12.4. The van der Waals surface area contributed by atoms with E-state index < -0.39 is 0 Å². The second-order valence-corrected chi connectivity index (χ2v) is 5.89. The Hall–Kier alpha value is -2.69.